The van der Waals surface area contributed by atoms with Gasteiger partial charge in [-0.05, 0) is 30.2 Å². The Bertz CT molecular complexity index is 1070. The number of aliphatic imine (C=N–C) groups is 1. The average Bonchev–Trinajstić information content (AvgIpc) is 3.50. The second-order valence-corrected chi connectivity index (χ2v) is 7.59. The molecule has 2 N–H and O–H groups in total. The largest absolute Gasteiger partial charge is 0.356 e. The fraction of sp³-hybridized carbons (Fsp3) is 0.174. The molecule has 0 aliphatic rings. The van der Waals surface area contributed by atoms with Crippen LogP contribution in [0, 0.1) is 0 Å². The van der Waals surface area contributed by atoms with E-state index >= 15 is 0 Å². The van der Waals surface area contributed by atoms with Crippen molar-refractivity contribution in [2.75, 3.05) is 13.6 Å². The van der Waals surface area contributed by atoms with E-state index in [-0.39, 0.29) is 0 Å². The summed E-state index contributed by atoms with van der Waals surface area (Å²) < 4.78 is 1.86. The quantitative estimate of drug-likeness (QED) is 0.354. The molecule has 0 radical (unpaired) electrons. The van der Waals surface area contributed by atoms with Crippen molar-refractivity contribution in [2.24, 2.45) is 4.99 Å². The van der Waals surface area contributed by atoms with E-state index in [9.17, 15) is 0 Å². The zero-order valence-corrected chi connectivity index (χ0v) is 17.6. The fourth-order valence-electron chi connectivity index (χ4n) is 3.06. The van der Waals surface area contributed by atoms with Gasteiger partial charge >= 0.3 is 0 Å². The molecule has 4 rings (SSSR count). The van der Waals surface area contributed by atoms with Gasteiger partial charge < -0.3 is 10.6 Å². The van der Waals surface area contributed by atoms with Crippen molar-refractivity contribution < 1.29 is 0 Å². The molecule has 30 heavy (non-hydrogen) atoms. The van der Waals surface area contributed by atoms with E-state index in [1.165, 1.54) is 5.56 Å². The molecule has 0 fully saturated rings. The molecule has 0 atom stereocenters. The first-order valence-corrected chi connectivity index (χ1v) is 10.7. The highest BCUT2D eigenvalue weighted by Gasteiger charge is 2.05. The highest BCUT2D eigenvalue weighted by Crippen LogP contribution is 2.23. The molecule has 0 saturated heterocycles. The lowest BCUT2D eigenvalue weighted by molar-refractivity contribution is 0.786. The molecule has 2 heterocycles. The van der Waals surface area contributed by atoms with Crippen LogP contribution < -0.4 is 10.6 Å². The molecule has 0 aliphatic heterocycles. The van der Waals surface area contributed by atoms with Crippen LogP contribution in [0.3, 0.4) is 0 Å². The van der Waals surface area contributed by atoms with Crippen LogP contribution in [-0.4, -0.2) is 34.3 Å². The van der Waals surface area contributed by atoms with Gasteiger partial charge in [0.05, 0.1) is 17.9 Å². The van der Waals surface area contributed by atoms with Crippen LogP contribution in [-0.2, 0) is 13.0 Å². The van der Waals surface area contributed by atoms with E-state index in [2.05, 4.69) is 62.5 Å². The summed E-state index contributed by atoms with van der Waals surface area (Å²) in [4.78, 5) is 9.02. The lowest BCUT2D eigenvalue weighted by Gasteiger charge is -2.11. The van der Waals surface area contributed by atoms with Crippen molar-refractivity contribution >= 4 is 17.3 Å². The summed E-state index contributed by atoms with van der Waals surface area (Å²) in [6.45, 7) is 1.44. The van der Waals surface area contributed by atoms with Crippen LogP contribution in [0.4, 0.5) is 0 Å². The first-order valence-electron chi connectivity index (χ1n) is 9.85. The topological polar surface area (TPSA) is 67.1 Å². The van der Waals surface area contributed by atoms with Gasteiger partial charge in [-0.3, -0.25) is 4.99 Å². The summed E-state index contributed by atoms with van der Waals surface area (Å²) in [6.07, 6.45) is 4.64. The van der Waals surface area contributed by atoms with Crippen molar-refractivity contribution in [1.82, 2.24) is 25.4 Å². The molecule has 7 heteroatoms. The van der Waals surface area contributed by atoms with Gasteiger partial charge in [-0.2, -0.15) is 5.10 Å². The number of nitrogens with zero attached hydrogens (tertiary/aromatic N) is 4. The zero-order chi connectivity index (χ0) is 20.6. The van der Waals surface area contributed by atoms with Crippen molar-refractivity contribution in [1.29, 1.82) is 0 Å². The van der Waals surface area contributed by atoms with Crippen molar-refractivity contribution in [3.05, 3.63) is 89.7 Å². The standard InChI is InChI=1S/C23H24N6S/c1-24-23(26-16-20-17-30-22(28-20)19-6-3-2-4-7-19)25-14-12-18-8-10-21(11-9-18)29-15-5-13-27-29/h2-11,13,15,17H,12,14,16H2,1H3,(H2,24,25,26). The number of thiazole rings is 1. The van der Waals surface area contributed by atoms with E-state index in [0.29, 0.717) is 6.54 Å². The molecule has 2 aromatic carbocycles. The molecular formula is C23H24N6S. The Morgan fingerprint density at radius 1 is 1.03 bits per heavy atom. The van der Waals surface area contributed by atoms with Crippen molar-refractivity contribution in [3.63, 3.8) is 0 Å². The maximum absolute atomic E-state index is 4.71. The Morgan fingerprint density at radius 3 is 2.60 bits per heavy atom. The van der Waals surface area contributed by atoms with Gasteiger partial charge in [0.2, 0.25) is 0 Å². The third-order valence-corrected chi connectivity index (χ3v) is 5.58. The lowest BCUT2D eigenvalue weighted by Crippen LogP contribution is -2.37. The minimum absolute atomic E-state index is 0.640. The Labute approximate surface area is 180 Å². The van der Waals surface area contributed by atoms with Gasteiger partial charge in [0, 0.05) is 36.9 Å². The number of hydrogen-bond donors (Lipinski definition) is 2. The molecule has 0 spiro atoms. The molecule has 4 aromatic rings. The van der Waals surface area contributed by atoms with Crippen LogP contribution in [0.2, 0.25) is 0 Å². The van der Waals surface area contributed by atoms with Gasteiger partial charge in [0.15, 0.2) is 5.96 Å². The molecule has 0 unspecified atom stereocenters. The van der Waals surface area contributed by atoms with E-state index < -0.39 is 0 Å². The molecule has 2 aromatic heterocycles. The lowest BCUT2D eigenvalue weighted by atomic mass is 10.1. The predicted octanol–water partition coefficient (Wildman–Crippen LogP) is 3.90. The maximum atomic E-state index is 4.71. The smallest absolute Gasteiger partial charge is 0.191 e. The third-order valence-electron chi connectivity index (χ3n) is 4.64. The normalized spacial score (nSPS) is 11.4. The number of hydrogen-bond acceptors (Lipinski definition) is 4. The predicted molar refractivity (Wildman–Crippen MR) is 123 cm³/mol. The average molecular weight is 417 g/mol. The Morgan fingerprint density at radius 2 is 1.87 bits per heavy atom. The molecule has 0 aliphatic carbocycles. The van der Waals surface area contributed by atoms with E-state index in [4.69, 9.17) is 4.98 Å². The zero-order valence-electron chi connectivity index (χ0n) is 16.8. The van der Waals surface area contributed by atoms with Gasteiger partial charge in [0.25, 0.3) is 0 Å². The summed E-state index contributed by atoms with van der Waals surface area (Å²) in [5.41, 5.74) is 4.49. The SMILES string of the molecule is CN=C(NCCc1ccc(-n2cccn2)cc1)NCc1csc(-c2ccccc2)n1. The molecule has 152 valence electrons. The number of benzene rings is 2. The fourth-order valence-corrected chi connectivity index (χ4v) is 3.88. The monoisotopic (exact) mass is 416 g/mol. The van der Waals surface area contributed by atoms with Gasteiger partial charge in [-0.1, -0.05) is 42.5 Å². The van der Waals surface area contributed by atoms with E-state index in [0.717, 1.165) is 40.9 Å². The minimum Gasteiger partial charge on any atom is -0.356 e. The number of rotatable bonds is 7. The second-order valence-electron chi connectivity index (χ2n) is 6.73. The van der Waals surface area contributed by atoms with Gasteiger partial charge in [0.1, 0.15) is 5.01 Å². The Kier molecular flexibility index (Phi) is 6.51. The number of nitrogens with one attached hydrogen (secondary N) is 2. The van der Waals surface area contributed by atoms with Crippen LogP contribution in [0.25, 0.3) is 16.3 Å². The molecule has 0 bridgehead atoms. The third kappa shape index (κ3) is 5.12. The van der Waals surface area contributed by atoms with Crippen LogP contribution >= 0.6 is 11.3 Å². The number of guanidine groups is 1. The Hall–Kier alpha value is -3.45. The van der Waals surface area contributed by atoms with Crippen LogP contribution in [0.15, 0.2) is 83.4 Å². The van der Waals surface area contributed by atoms with E-state index in [1.54, 1.807) is 24.6 Å². The van der Waals surface area contributed by atoms with Crippen LogP contribution in [0.1, 0.15) is 11.3 Å². The summed E-state index contributed by atoms with van der Waals surface area (Å²) in [7, 11) is 1.78. The summed E-state index contributed by atoms with van der Waals surface area (Å²) in [5, 5.41) is 14.1. The molecule has 6 nitrogen and oxygen atoms in total. The second kappa shape index (κ2) is 9.84. The highest BCUT2D eigenvalue weighted by atomic mass is 32.1. The van der Waals surface area contributed by atoms with E-state index in [1.807, 2.05) is 35.1 Å². The summed E-state index contributed by atoms with van der Waals surface area (Å²) in [6, 6.07) is 20.6. The summed E-state index contributed by atoms with van der Waals surface area (Å²) >= 11 is 1.66. The minimum atomic E-state index is 0.640. The van der Waals surface area contributed by atoms with Crippen molar-refractivity contribution in [3.8, 4) is 16.3 Å². The summed E-state index contributed by atoms with van der Waals surface area (Å²) in [5.74, 6) is 0.775. The molecular weight excluding hydrogens is 392 g/mol. The first-order chi connectivity index (χ1) is 14.8. The Balaban J connectivity index is 1.24. The molecule has 0 amide bonds. The van der Waals surface area contributed by atoms with Crippen molar-refractivity contribution in [2.45, 2.75) is 13.0 Å². The molecule has 0 saturated carbocycles. The van der Waals surface area contributed by atoms with Crippen LogP contribution in [0.5, 0.6) is 0 Å². The van der Waals surface area contributed by atoms with Gasteiger partial charge in [-0.25, -0.2) is 9.67 Å². The maximum Gasteiger partial charge on any atom is 0.191 e. The highest BCUT2D eigenvalue weighted by molar-refractivity contribution is 7.13. The van der Waals surface area contributed by atoms with Gasteiger partial charge in [-0.15, -0.1) is 11.3 Å². The number of aromatic nitrogens is 3. The first kappa shape index (κ1) is 19.8.